The molecule has 0 aliphatic heterocycles. The SMILES string of the molecule is O=C(N[C@@H]1C=C[C@H](CO)C1)c1cc(C2CCCCC2)[nH]n1. The van der Waals surface area contributed by atoms with Crippen LogP contribution in [0.25, 0.3) is 0 Å². The van der Waals surface area contributed by atoms with Gasteiger partial charge in [0.15, 0.2) is 0 Å². The summed E-state index contributed by atoms with van der Waals surface area (Å²) >= 11 is 0. The molecule has 5 nitrogen and oxygen atoms in total. The third kappa shape index (κ3) is 3.35. The van der Waals surface area contributed by atoms with Gasteiger partial charge in [-0.2, -0.15) is 5.10 Å². The molecule has 3 N–H and O–H groups in total. The predicted octanol–water partition coefficient (Wildman–Crippen LogP) is 2.12. The second-order valence-electron chi connectivity index (χ2n) is 6.19. The van der Waals surface area contributed by atoms with Gasteiger partial charge in [0, 0.05) is 30.2 Å². The summed E-state index contributed by atoms with van der Waals surface area (Å²) in [7, 11) is 0. The first-order valence-electron chi connectivity index (χ1n) is 7.91. The normalized spacial score (nSPS) is 26.1. The summed E-state index contributed by atoms with van der Waals surface area (Å²) in [5.41, 5.74) is 1.56. The second kappa shape index (κ2) is 6.43. The van der Waals surface area contributed by atoms with Gasteiger partial charge >= 0.3 is 0 Å². The molecule has 1 amide bonds. The van der Waals surface area contributed by atoms with Crippen LogP contribution in [0.4, 0.5) is 0 Å². The highest BCUT2D eigenvalue weighted by molar-refractivity contribution is 5.92. The van der Waals surface area contributed by atoms with Gasteiger partial charge in [0.1, 0.15) is 5.69 Å². The molecule has 1 saturated carbocycles. The van der Waals surface area contributed by atoms with E-state index in [2.05, 4.69) is 15.5 Å². The van der Waals surface area contributed by atoms with E-state index in [9.17, 15) is 4.79 Å². The number of amides is 1. The number of hydrogen-bond donors (Lipinski definition) is 3. The average Bonchev–Trinajstić information content (AvgIpc) is 3.17. The summed E-state index contributed by atoms with van der Waals surface area (Å²) < 4.78 is 0. The molecule has 2 aliphatic rings. The maximum atomic E-state index is 12.2. The molecule has 0 spiro atoms. The van der Waals surface area contributed by atoms with E-state index in [4.69, 9.17) is 5.11 Å². The van der Waals surface area contributed by atoms with Crippen LogP contribution in [0.5, 0.6) is 0 Å². The van der Waals surface area contributed by atoms with Gasteiger partial charge in [0.25, 0.3) is 5.91 Å². The molecule has 0 radical (unpaired) electrons. The van der Waals surface area contributed by atoms with Gasteiger partial charge in [-0.25, -0.2) is 0 Å². The lowest BCUT2D eigenvalue weighted by Crippen LogP contribution is -2.33. The van der Waals surface area contributed by atoms with Gasteiger partial charge in [-0.05, 0) is 25.3 Å². The Morgan fingerprint density at radius 3 is 2.86 bits per heavy atom. The largest absolute Gasteiger partial charge is 0.396 e. The highest BCUT2D eigenvalue weighted by Crippen LogP contribution is 2.31. The van der Waals surface area contributed by atoms with Crippen molar-refractivity contribution in [2.24, 2.45) is 5.92 Å². The van der Waals surface area contributed by atoms with Gasteiger partial charge in [0.05, 0.1) is 0 Å². The first kappa shape index (κ1) is 14.3. The third-order valence-corrected chi connectivity index (χ3v) is 4.60. The molecule has 3 rings (SSSR count). The molecule has 0 saturated heterocycles. The monoisotopic (exact) mass is 289 g/mol. The fraction of sp³-hybridized carbons (Fsp3) is 0.625. The van der Waals surface area contributed by atoms with Crippen LogP contribution in [0, 0.1) is 5.92 Å². The van der Waals surface area contributed by atoms with Gasteiger partial charge in [-0.1, -0.05) is 31.4 Å². The van der Waals surface area contributed by atoms with E-state index < -0.39 is 0 Å². The summed E-state index contributed by atoms with van der Waals surface area (Å²) in [6, 6.07) is 1.90. The number of carbonyl (C=O) groups excluding carboxylic acids is 1. The minimum atomic E-state index is -0.137. The molecule has 0 bridgehead atoms. The molecule has 0 aromatic carbocycles. The van der Waals surface area contributed by atoms with Crippen molar-refractivity contribution in [3.8, 4) is 0 Å². The van der Waals surface area contributed by atoms with Crippen molar-refractivity contribution in [1.82, 2.24) is 15.5 Å². The third-order valence-electron chi connectivity index (χ3n) is 4.60. The quantitative estimate of drug-likeness (QED) is 0.743. The van der Waals surface area contributed by atoms with Crippen LogP contribution in [-0.2, 0) is 0 Å². The molecule has 1 heterocycles. The Balaban J connectivity index is 1.58. The Kier molecular flexibility index (Phi) is 4.39. The van der Waals surface area contributed by atoms with Crippen LogP contribution >= 0.6 is 0 Å². The van der Waals surface area contributed by atoms with Crippen LogP contribution in [-0.4, -0.2) is 33.9 Å². The lowest BCUT2D eigenvalue weighted by molar-refractivity contribution is 0.0936. The van der Waals surface area contributed by atoms with Crippen LogP contribution in [0.1, 0.15) is 60.6 Å². The lowest BCUT2D eigenvalue weighted by Gasteiger charge is -2.19. The molecule has 2 aliphatic carbocycles. The van der Waals surface area contributed by atoms with Crippen molar-refractivity contribution in [3.63, 3.8) is 0 Å². The molecule has 114 valence electrons. The van der Waals surface area contributed by atoms with E-state index in [0.717, 1.165) is 12.1 Å². The van der Waals surface area contributed by atoms with E-state index in [0.29, 0.717) is 11.6 Å². The molecule has 5 heteroatoms. The zero-order valence-electron chi connectivity index (χ0n) is 12.2. The smallest absolute Gasteiger partial charge is 0.272 e. The number of nitrogens with zero attached hydrogens (tertiary/aromatic N) is 1. The zero-order chi connectivity index (χ0) is 14.7. The Bertz CT molecular complexity index is 517. The van der Waals surface area contributed by atoms with Gasteiger partial charge < -0.3 is 10.4 Å². The number of rotatable bonds is 4. The summed E-state index contributed by atoms with van der Waals surface area (Å²) in [4.78, 5) is 12.2. The molecule has 2 atom stereocenters. The number of aliphatic hydroxyl groups excluding tert-OH is 1. The summed E-state index contributed by atoms with van der Waals surface area (Å²) in [5, 5.41) is 19.3. The zero-order valence-corrected chi connectivity index (χ0v) is 12.2. The second-order valence-corrected chi connectivity index (χ2v) is 6.19. The van der Waals surface area contributed by atoms with Gasteiger partial charge in [-0.3, -0.25) is 9.89 Å². The van der Waals surface area contributed by atoms with E-state index in [1.165, 1.54) is 32.1 Å². The minimum Gasteiger partial charge on any atom is -0.396 e. The van der Waals surface area contributed by atoms with Crippen molar-refractivity contribution in [1.29, 1.82) is 0 Å². The van der Waals surface area contributed by atoms with E-state index in [1.54, 1.807) is 0 Å². The van der Waals surface area contributed by atoms with Crippen LogP contribution in [0.2, 0.25) is 0 Å². The van der Waals surface area contributed by atoms with E-state index >= 15 is 0 Å². The molecule has 1 aromatic rings. The van der Waals surface area contributed by atoms with Crippen LogP contribution in [0.15, 0.2) is 18.2 Å². The minimum absolute atomic E-state index is 0.00415. The number of aromatic amines is 1. The van der Waals surface area contributed by atoms with E-state index in [1.807, 2.05) is 18.2 Å². The first-order chi connectivity index (χ1) is 10.3. The number of carbonyl (C=O) groups is 1. The molecule has 0 unspecified atom stereocenters. The summed E-state index contributed by atoms with van der Waals surface area (Å²) in [6.07, 6.45) is 10.9. The molecular weight excluding hydrogens is 266 g/mol. The number of H-pyrrole nitrogens is 1. The Labute approximate surface area is 124 Å². The fourth-order valence-electron chi connectivity index (χ4n) is 3.33. The van der Waals surface area contributed by atoms with Crippen molar-refractivity contribution in [3.05, 3.63) is 29.6 Å². The Morgan fingerprint density at radius 2 is 2.14 bits per heavy atom. The van der Waals surface area contributed by atoms with Crippen LogP contribution < -0.4 is 5.32 Å². The average molecular weight is 289 g/mol. The predicted molar refractivity (Wildman–Crippen MR) is 80.0 cm³/mol. The molecular formula is C16H23N3O2. The Hall–Kier alpha value is -1.62. The Morgan fingerprint density at radius 1 is 1.33 bits per heavy atom. The van der Waals surface area contributed by atoms with Crippen LogP contribution in [0.3, 0.4) is 0 Å². The van der Waals surface area contributed by atoms with Gasteiger partial charge in [-0.15, -0.1) is 0 Å². The van der Waals surface area contributed by atoms with Crippen molar-refractivity contribution in [2.45, 2.75) is 50.5 Å². The fourth-order valence-corrected chi connectivity index (χ4v) is 3.33. The number of aliphatic hydroxyl groups is 1. The van der Waals surface area contributed by atoms with Crippen molar-refractivity contribution >= 4 is 5.91 Å². The van der Waals surface area contributed by atoms with E-state index in [-0.39, 0.29) is 24.5 Å². The standard InChI is InChI=1S/C16H23N3O2/c20-10-11-6-7-13(8-11)17-16(21)15-9-14(18-19-15)12-4-2-1-3-5-12/h6-7,9,11-13,20H,1-5,8,10H2,(H,17,21)(H,18,19)/t11-,13+/m0/s1. The maximum Gasteiger partial charge on any atom is 0.272 e. The topological polar surface area (TPSA) is 78.0 Å². The highest BCUT2D eigenvalue weighted by atomic mass is 16.3. The van der Waals surface area contributed by atoms with Gasteiger partial charge in [0.2, 0.25) is 0 Å². The summed E-state index contributed by atoms with van der Waals surface area (Å²) in [5.74, 6) is 0.548. The van der Waals surface area contributed by atoms with Crippen molar-refractivity contribution < 1.29 is 9.90 Å². The lowest BCUT2D eigenvalue weighted by atomic mass is 9.87. The number of nitrogens with one attached hydrogen (secondary N) is 2. The molecule has 1 aromatic heterocycles. The highest BCUT2D eigenvalue weighted by Gasteiger charge is 2.23. The number of hydrogen-bond acceptors (Lipinski definition) is 3. The molecule has 1 fully saturated rings. The first-order valence-corrected chi connectivity index (χ1v) is 7.91. The maximum absolute atomic E-state index is 12.2. The summed E-state index contributed by atoms with van der Waals surface area (Å²) in [6.45, 7) is 0.136. The number of aromatic nitrogens is 2. The molecule has 21 heavy (non-hydrogen) atoms. The van der Waals surface area contributed by atoms with Crippen molar-refractivity contribution in [2.75, 3.05) is 6.61 Å².